The third-order valence-corrected chi connectivity index (χ3v) is 3.81. The van der Waals surface area contributed by atoms with E-state index in [4.69, 9.17) is 14.6 Å². The fourth-order valence-corrected chi connectivity index (χ4v) is 2.57. The van der Waals surface area contributed by atoms with Gasteiger partial charge >= 0.3 is 12.1 Å². The van der Waals surface area contributed by atoms with Gasteiger partial charge in [0.2, 0.25) is 0 Å². The number of hydrogen-bond donors (Lipinski definition) is 3. The predicted molar refractivity (Wildman–Crippen MR) is 81.0 cm³/mol. The van der Waals surface area contributed by atoms with Crippen molar-refractivity contribution in [3.8, 4) is 0 Å². The molecule has 7 heteroatoms. The Balaban J connectivity index is 2.08. The van der Waals surface area contributed by atoms with Gasteiger partial charge in [0.1, 0.15) is 6.10 Å². The van der Waals surface area contributed by atoms with E-state index in [0.717, 1.165) is 5.56 Å². The second kappa shape index (κ2) is 7.94. The second-order valence-corrected chi connectivity index (χ2v) is 5.62. The van der Waals surface area contributed by atoms with Gasteiger partial charge in [-0.3, -0.25) is 0 Å². The highest BCUT2D eigenvalue weighted by Crippen LogP contribution is 2.19. The summed E-state index contributed by atoms with van der Waals surface area (Å²) in [6, 6.07) is 8.53. The van der Waals surface area contributed by atoms with Gasteiger partial charge in [-0.15, -0.1) is 0 Å². The van der Waals surface area contributed by atoms with Crippen LogP contribution in [0.1, 0.15) is 12.5 Å². The van der Waals surface area contributed by atoms with Crippen molar-refractivity contribution >= 4 is 12.1 Å². The molecule has 0 radical (unpaired) electrons. The minimum absolute atomic E-state index is 0.129. The number of nitrogens with one attached hydrogen (secondary N) is 1. The maximum atomic E-state index is 11.9. The third kappa shape index (κ3) is 4.94. The van der Waals surface area contributed by atoms with Crippen LogP contribution < -0.4 is 5.32 Å². The van der Waals surface area contributed by atoms with Gasteiger partial charge in [-0.05, 0) is 18.9 Å². The molecule has 1 amide bonds. The molecule has 7 nitrogen and oxygen atoms in total. The summed E-state index contributed by atoms with van der Waals surface area (Å²) in [4.78, 5) is 22.7. The summed E-state index contributed by atoms with van der Waals surface area (Å²) in [6.45, 7) is 1.66. The first kappa shape index (κ1) is 17.2. The number of ether oxygens (including phenoxy) is 2. The topological polar surface area (TPSA) is 105 Å². The first-order chi connectivity index (χ1) is 11.0. The molecule has 1 aromatic rings. The third-order valence-electron chi connectivity index (χ3n) is 3.81. The number of carbonyl (C=O) groups is 2. The Morgan fingerprint density at radius 1 is 1.30 bits per heavy atom. The van der Waals surface area contributed by atoms with E-state index < -0.39 is 30.3 Å². The lowest BCUT2D eigenvalue weighted by atomic mass is 9.92. The highest BCUT2D eigenvalue weighted by atomic mass is 16.6. The van der Waals surface area contributed by atoms with E-state index in [-0.39, 0.29) is 19.1 Å². The van der Waals surface area contributed by atoms with Crippen molar-refractivity contribution < 1.29 is 29.3 Å². The molecule has 1 aliphatic rings. The number of esters is 1. The lowest BCUT2D eigenvalue weighted by Gasteiger charge is -2.26. The normalized spacial score (nSPS) is 28.9. The first-order valence-corrected chi connectivity index (χ1v) is 7.47. The molecule has 0 saturated carbocycles. The maximum absolute atomic E-state index is 11.9. The van der Waals surface area contributed by atoms with Gasteiger partial charge in [0.25, 0.3) is 0 Å². The molecule has 1 aliphatic heterocycles. The number of rotatable bonds is 3. The van der Waals surface area contributed by atoms with E-state index in [2.05, 4.69) is 5.32 Å². The molecule has 1 fully saturated rings. The molecule has 0 spiro atoms. The minimum Gasteiger partial charge on any atom is -0.465 e. The van der Waals surface area contributed by atoms with Crippen molar-refractivity contribution in [1.29, 1.82) is 0 Å². The van der Waals surface area contributed by atoms with Crippen LogP contribution in [0, 0.1) is 5.92 Å². The van der Waals surface area contributed by atoms with Gasteiger partial charge in [-0.2, -0.15) is 0 Å². The molecule has 1 saturated heterocycles. The highest BCUT2D eigenvalue weighted by Gasteiger charge is 2.33. The average Bonchev–Trinajstić information content (AvgIpc) is 2.55. The van der Waals surface area contributed by atoms with Crippen LogP contribution in [-0.2, 0) is 20.7 Å². The summed E-state index contributed by atoms with van der Waals surface area (Å²) in [6.07, 6.45) is -2.41. The largest absolute Gasteiger partial charge is 0.465 e. The molecular formula is C16H21NO6. The van der Waals surface area contributed by atoms with Crippen LogP contribution in [0.2, 0.25) is 0 Å². The molecule has 126 valence electrons. The van der Waals surface area contributed by atoms with E-state index in [9.17, 15) is 14.7 Å². The number of hydrogen-bond acceptors (Lipinski definition) is 5. The van der Waals surface area contributed by atoms with E-state index in [1.807, 2.05) is 30.3 Å². The van der Waals surface area contributed by atoms with E-state index >= 15 is 0 Å². The van der Waals surface area contributed by atoms with Gasteiger partial charge in [0.15, 0.2) is 6.04 Å². The number of cyclic esters (lactones) is 1. The number of amides is 1. The number of carboxylic acid groups (broad SMARTS) is 1. The van der Waals surface area contributed by atoms with Crippen LogP contribution >= 0.6 is 0 Å². The van der Waals surface area contributed by atoms with Crippen molar-refractivity contribution in [2.75, 3.05) is 13.2 Å². The Labute approximate surface area is 134 Å². The number of carbonyl (C=O) groups excluding carboxylic acids is 1. The quantitative estimate of drug-likeness (QED) is 0.711. The second-order valence-electron chi connectivity index (χ2n) is 5.62. The Hall–Kier alpha value is -2.12. The van der Waals surface area contributed by atoms with Gasteiger partial charge in [-0.25, -0.2) is 9.59 Å². The van der Waals surface area contributed by atoms with Crippen LogP contribution in [0.25, 0.3) is 0 Å². The Kier molecular flexibility index (Phi) is 5.95. The van der Waals surface area contributed by atoms with Crippen molar-refractivity contribution in [1.82, 2.24) is 5.32 Å². The minimum atomic E-state index is -1.33. The van der Waals surface area contributed by atoms with Crippen molar-refractivity contribution in [3.63, 3.8) is 0 Å². The number of aliphatic hydroxyl groups excluding tert-OH is 1. The molecule has 0 aliphatic carbocycles. The van der Waals surface area contributed by atoms with E-state index in [0.29, 0.717) is 6.42 Å². The Bertz CT molecular complexity index is 535. The van der Waals surface area contributed by atoms with Gasteiger partial charge in [0.05, 0.1) is 19.3 Å². The zero-order valence-corrected chi connectivity index (χ0v) is 12.8. The predicted octanol–water partition coefficient (Wildman–Crippen LogP) is 0.804. The summed E-state index contributed by atoms with van der Waals surface area (Å²) in [7, 11) is 0. The summed E-state index contributed by atoms with van der Waals surface area (Å²) in [5.41, 5.74) is 1.04. The molecule has 0 bridgehead atoms. The smallest absolute Gasteiger partial charge is 0.405 e. The molecule has 1 heterocycles. The van der Waals surface area contributed by atoms with Crippen LogP contribution in [0.3, 0.4) is 0 Å². The lowest BCUT2D eigenvalue weighted by molar-refractivity contribution is -0.157. The summed E-state index contributed by atoms with van der Waals surface area (Å²) in [5, 5.41) is 21.2. The van der Waals surface area contributed by atoms with Gasteiger partial charge in [-0.1, -0.05) is 30.3 Å². The molecule has 0 aromatic heterocycles. The van der Waals surface area contributed by atoms with Crippen LogP contribution in [0.15, 0.2) is 30.3 Å². The lowest BCUT2D eigenvalue weighted by Crippen LogP contribution is -2.45. The fraction of sp³-hybridized carbons (Fsp3) is 0.500. The summed E-state index contributed by atoms with van der Waals surface area (Å²) < 4.78 is 10.6. The SMILES string of the molecule is CC1OC(=O)[C@@H](NC(=O)O)COC[C@H](Cc2ccccc2)C1O. The van der Waals surface area contributed by atoms with Crippen LogP contribution in [0.4, 0.5) is 4.79 Å². The zero-order chi connectivity index (χ0) is 16.8. The Morgan fingerprint density at radius 3 is 2.65 bits per heavy atom. The number of aliphatic hydroxyl groups is 1. The average molecular weight is 323 g/mol. The molecule has 4 atom stereocenters. The molecule has 23 heavy (non-hydrogen) atoms. The summed E-state index contributed by atoms with van der Waals surface area (Å²) >= 11 is 0. The fourth-order valence-electron chi connectivity index (χ4n) is 2.57. The maximum Gasteiger partial charge on any atom is 0.405 e. The first-order valence-electron chi connectivity index (χ1n) is 7.47. The summed E-state index contributed by atoms with van der Waals surface area (Å²) in [5.74, 6) is -1.01. The monoisotopic (exact) mass is 323 g/mol. The van der Waals surface area contributed by atoms with Gasteiger partial charge < -0.3 is 25.0 Å². The number of benzene rings is 1. The van der Waals surface area contributed by atoms with Gasteiger partial charge in [0, 0.05) is 5.92 Å². The standard InChI is InChI=1S/C16H21NO6/c1-10-14(18)12(7-11-5-3-2-4-6-11)8-22-9-13(15(19)23-10)17-16(20)21/h2-6,10,12-14,17-18H,7-9H2,1H3,(H,20,21)/t10?,12-,13-,14?/m0/s1. The molecular weight excluding hydrogens is 302 g/mol. The molecule has 2 unspecified atom stereocenters. The zero-order valence-electron chi connectivity index (χ0n) is 12.8. The molecule has 2 rings (SSSR count). The Morgan fingerprint density at radius 2 is 2.00 bits per heavy atom. The van der Waals surface area contributed by atoms with E-state index in [1.165, 1.54) is 0 Å². The van der Waals surface area contributed by atoms with Crippen molar-refractivity contribution in [2.45, 2.75) is 31.6 Å². The van der Waals surface area contributed by atoms with Crippen LogP contribution in [0.5, 0.6) is 0 Å². The highest BCUT2D eigenvalue weighted by molar-refractivity contribution is 5.81. The van der Waals surface area contributed by atoms with Crippen molar-refractivity contribution in [2.24, 2.45) is 5.92 Å². The van der Waals surface area contributed by atoms with Crippen LogP contribution in [-0.4, -0.2) is 53.7 Å². The van der Waals surface area contributed by atoms with Crippen molar-refractivity contribution in [3.05, 3.63) is 35.9 Å². The molecule has 3 N–H and O–H groups in total. The molecule has 1 aromatic carbocycles. The van der Waals surface area contributed by atoms with E-state index in [1.54, 1.807) is 6.92 Å².